The van der Waals surface area contributed by atoms with E-state index < -0.39 is 5.97 Å². The smallest absolute Gasteiger partial charge is 0.326 e. The van der Waals surface area contributed by atoms with Crippen LogP contribution in [0.1, 0.15) is 45.2 Å². The number of esters is 1. The summed E-state index contributed by atoms with van der Waals surface area (Å²) in [4.78, 5) is 55.2. The number of aryl methyl sites for hydroxylation is 2. The van der Waals surface area contributed by atoms with E-state index in [9.17, 15) is 19.2 Å². The monoisotopic (exact) mass is 575 g/mol. The minimum Gasteiger partial charge on any atom is -0.465 e. The molecule has 0 bridgehead atoms. The lowest BCUT2D eigenvalue weighted by Gasteiger charge is -2.25. The number of benzene rings is 4. The van der Waals surface area contributed by atoms with E-state index in [1.54, 1.807) is 66.4 Å². The number of nitrogens with one attached hydrogen (secondary N) is 1. The van der Waals surface area contributed by atoms with Crippen LogP contribution in [0.5, 0.6) is 0 Å². The summed E-state index contributed by atoms with van der Waals surface area (Å²) in [5, 5.41) is 2.96. The molecule has 1 aliphatic heterocycles. The number of para-hydroxylation sites is 2. The maximum absolute atomic E-state index is 13.7. The Kier molecular flexibility index (Phi) is 8.66. The second kappa shape index (κ2) is 12.7. The van der Waals surface area contributed by atoms with E-state index in [-0.39, 0.29) is 43.8 Å². The molecule has 4 aromatic rings. The molecule has 1 aliphatic rings. The molecule has 0 spiro atoms. The lowest BCUT2D eigenvalue weighted by molar-refractivity contribution is -0.142. The molecule has 0 aromatic heterocycles. The van der Waals surface area contributed by atoms with Gasteiger partial charge in [0, 0.05) is 29.8 Å². The van der Waals surface area contributed by atoms with Gasteiger partial charge >= 0.3 is 5.97 Å². The lowest BCUT2D eigenvalue weighted by Crippen LogP contribution is -2.36. The zero-order valence-electron chi connectivity index (χ0n) is 24.4. The Morgan fingerprint density at radius 2 is 1.47 bits per heavy atom. The highest BCUT2D eigenvalue weighted by atomic mass is 16.5. The highest BCUT2D eigenvalue weighted by Gasteiger charge is 2.31. The van der Waals surface area contributed by atoms with Crippen molar-refractivity contribution in [3.05, 3.63) is 113 Å². The molecular weight excluding hydrogens is 542 g/mol. The second-order valence-corrected chi connectivity index (χ2v) is 10.3. The molecule has 5 rings (SSSR count). The van der Waals surface area contributed by atoms with Gasteiger partial charge in [-0.2, -0.15) is 0 Å². The molecule has 0 saturated carbocycles. The Labute approximate surface area is 250 Å². The molecule has 0 aliphatic carbocycles. The van der Waals surface area contributed by atoms with Crippen LogP contribution in [0.15, 0.2) is 91.0 Å². The maximum Gasteiger partial charge on any atom is 0.326 e. The van der Waals surface area contributed by atoms with E-state index in [1.807, 2.05) is 50.2 Å². The zero-order chi connectivity index (χ0) is 30.5. The summed E-state index contributed by atoms with van der Waals surface area (Å²) in [7, 11) is 0. The Morgan fingerprint density at radius 1 is 0.814 bits per heavy atom. The van der Waals surface area contributed by atoms with Gasteiger partial charge < -0.3 is 15.0 Å². The SMILES string of the molecule is CCOC(=O)CN1C(=O)CCN(C(=O)c2ccc(NC(=O)c3ccccc3-c3c(C)cccc3C)cc2)c2ccccc21. The third-order valence-corrected chi connectivity index (χ3v) is 7.46. The highest BCUT2D eigenvalue weighted by Crippen LogP contribution is 2.34. The van der Waals surface area contributed by atoms with E-state index in [1.165, 1.54) is 4.90 Å². The van der Waals surface area contributed by atoms with Crippen LogP contribution in [-0.4, -0.2) is 43.4 Å². The normalized spacial score (nSPS) is 12.8. The van der Waals surface area contributed by atoms with Gasteiger partial charge in [0.25, 0.3) is 11.8 Å². The molecule has 1 heterocycles. The van der Waals surface area contributed by atoms with E-state index in [2.05, 4.69) is 5.32 Å². The van der Waals surface area contributed by atoms with Gasteiger partial charge in [0.15, 0.2) is 0 Å². The summed E-state index contributed by atoms with van der Waals surface area (Å²) in [6.45, 7) is 5.90. The van der Waals surface area contributed by atoms with Gasteiger partial charge in [-0.1, -0.05) is 48.5 Å². The standard InChI is InChI=1S/C35H33N3O5/c1-4-43-32(40)22-38-30-15-8-7-14-29(30)37(21-20-31(38)39)35(42)25-16-18-26(19-17-25)36-34(41)28-13-6-5-12-27(28)33-23(2)10-9-11-24(33)3/h5-19H,4,20-22H2,1-3H3,(H,36,41). The van der Waals surface area contributed by atoms with E-state index in [0.717, 1.165) is 22.3 Å². The van der Waals surface area contributed by atoms with Gasteiger partial charge in [0.1, 0.15) is 6.54 Å². The van der Waals surface area contributed by atoms with Crippen molar-refractivity contribution in [2.75, 3.05) is 34.8 Å². The fourth-order valence-corrected chi connectivity index (χ4v) is 5.43. The van der Waals surface area contributed by atoms with Gasteiger partial charge in [-0.25, -0.2) is 0 Å². The predicted molar refractivity (Wildman–Crippen MR) is 167 cm³/mol. The zero-order valence-corrected chi connectivity index (χ0v) is 24.4. The summed E-state index contributed by atoms with van der Waals surface area (Å²) in [6.07, 6.45) is 0.0493. The topological polar surface area (TPSA) is 96.0 Å². The van der Waals surface area contributed by atoms with Crippen LogP contribution in [0.2, 0.25) is 0 Å². The number of fused-ring (bicyclic) bond motifs is 1. The molecule has 8 heteroatoms. The number of carbonyl (C=O) groups is 4. The van der Waals surface area contributed by atoms with Crippen molar-refractivity contribution in [1.29, 1.82) is 0 Å². The molecule has 8 nitrogen and oxygen atoms in total. The van der Waals surface area contributed by atoms with Crippen LogP contribution in [0.3, 0.4) is 0 Å². The van der Waals surface area contributed by atoms with Crippen molar-refractivity contribution in [3.63, 3.8) is 0 Å². The molecule has 0 radical (unpaired) electrons. The minimum atomic E-state index is -0.514. The largest absolute Gasteiger partial charge is 0.465 e. The molecular formula is C35H33N3O5. The van der Waals surface area contributed by atoms with Crippen molar-refractivity contribution < 1.29 is 23.9 Å². The summed E-state index contributed by atoms with van der Waals surface area (Å²) in [6, 6.07) is 27.3. The van der Waals surface area contributed by atoms with Gasteiger partial charge in [-0.3, -0.25) is 24.1 Å². The number of rotatable bonds is 7. The summed E-state index contributed by atoms with van der Waals surface area (Å²) in [5.74, 6) is -1.33. The average Bonchev–Trinajstić information content (AvgIpc) is 3.13. The summed E-state index contributed by atoms with van der Waals surface area (Å²) in [5.41, 5.74) is 6.56. The van der Waals surface area contributed by atoms with Crippen LogP contribution in [-0.2, 0) is 14.3 Å². The number of ether oxygens (including phenoxy) is 1. The number of hydrogen-bond acceptors (Lipinski definition) is 5. The Balaban J connectivity index is 1.36. The first kappa shape index (κ1) is 29.3. The number of hydrogen-bond donors (Lipinski definition) is 1. The van der Waals surface area contributed by atoms with Crippen molar-refractivity contribution >= 4 is 40.8 Å². The molecule has 43 heavy (non-hydrogen) atoms. The van der Waals surface area contributed by atoms with Crippen LogP contribution >= 0.6 is 0 Å². The van der Waals surface area contributed by atoms with E-state index in [4.69, 9.17) is 4.74 Å². The van der Waals surface area contributed by atoms with Crippen molar-refractivity contribution in [2.45, 2.75) is 27.2 Å². The van der Waals surface area contributed by atoms with Gasteiger partial charge in [-0.15, -0.1) is 0 Å². The quantitative estimate of drug-likeness (QED) is 0.266. The Hall–Kier alpha value is -5.24. The van der Waals surface area contributed by atoms with Gasteiger partial charge in [-0.05, 0) is 85.5 Å². The first-order valence-electron chi connectivity index (χ1n) is 14.2. The first-order chi connectivity index (χ1) is 20.8. The molecule has 0 fully saturated rings. The van der Waals surface area contributed by atoms with Crippen LogP contribution in [0.4, 0.5) is 17.1 Å². The number of nitrogens with zero attached hydrogens (tertiary/aromatic N) is 2. The molecule has 218 valence electrons. The third kappa shape index (κ3) is 6.18. The van der Waals surface area contributed by atoms with Crippen molar-refractivity contribution in [3.8, 4) is 11.1 Å². The number of carbonyl (C=O) groups excluding carboxylic acids is 4. The lowest BCUT2D eigenvalue weighted by atomic mass is 9.92. The summed E-state index contributed by atoms with van der Waals surface area (Å²) < 4.78 is 5.06. The molecule has 0 atom stereocenters. The van der Waals surface area contributed by atoms with Crippen LogP contribution in [0, 0.1) is 13.8 Å². The van der Waals surface area contributed by atoms with Crippen molar-refractivity contribution in [1.82, 2.24) is 0 Å². The number of amides is 3. The van der Waals surface area contributed by atoms with E-state index >= 15 is 0 Å². The fraction of sp³-hybridized carbons (Fsp3) is 0.200. The average molecular weight is 576 g/mol. The van der Waals surface area contributed by atoms with E-state index in [0.29, 0.717) is 28.2 Å². The van der Waals surface area contributed by atoms with Gasteiger partial charge in [0.2, 0.25) is 5.91 Å². The Morgan fingerprint density at radius 3 is 2.16 bits per heavy atom. The fourth-order valence-electron chi connectivity index (χ4n) is 5.43. The summed E-state index contributed by atoms with van der Waals surface area (Å²) >= 11 is 0. The molecule has 3 amide bonds. The van der Waals surface area contributed by atoms with Crippen LogP contribution < -0.4 is 15.1 Å². The molecule has 0 unspecified atom stereocenters. The first-order valence-corrected chi connectivity index (χ1v) is 14.2. The predicted octanol–water partition coefficient (Wildman–Crippen LogP) is 6.17. The Bertz CT molecular complexity index is 1680. The maximum atomic E-state index is 13.7. The second-order valence-electron chi connectivity index (χ2n) is 10.3. The minimum absolute atomic E-state index is 0.0493. The third-order valence-electron chi connectivity index (χ3n) is 7.46. The van der Waals surface area contributed by atoms with Gasteiger partial charge in [0.05, 0.1) is 18.0 Å². The molecule has 0 saturated heterocycles. The highest BCUT2D eigenvalue weighted by molar-refractivity contribution is 6.12. The van der Waals surface area contributed by atoms with Crippen LogP contribution in [0.25, 0.3) is 11.1 Å². The van der Waals surface area contributed by atoms with Crippen molar-refractivity contribution in [2.24, 2.45) is 0 Å². The molecule has 1 N–H and O–H groups in total. The number of anilines is 3. The molecule has 4 aromatic carbocycles.